The Labute approximate surface area is 121 Å². The van der Waals surface area contributed by atoms with Crippen LogP contribution in [0.5, 0.6) is 11.6 Å². The first-order valence-corrected chi connectivity index (χ1v) is 6.52. The fourth-order valence-corrected chi connectivity index (χ4v) is 1.75. The van der Waals surface area contributed by atoms with E-state index in [2.05, 4.69) is 9.97 Å². The van der Waals surface area contributed by atoms with Crippen molar-refractivity contribution in [3.8, 4) is 11.6 Å². The van der Waals surface area contributed by atoms with Gasteiger partial charge in [-0.25, -0.2) is 9.37 Å². The molecule has 1 heterocycles. The first kappa shape index (κ1) is 14.7. The molecule has 4 nitrogen and oxygen atoms in total. The molecular weight excluding hydrogens is 283 g/mol. The predicted octanol–water partition coefficient (Wildman–Crippen LogP) is 3.91. The van der Waals surface area contributed by atoms with E-state index in [0.29, 0.717) is 18.0 Å². The van der Waals surface area contributed by atoms with Gasteiger partial charge in [0.2, 0.25) is 5.88 Å². The van der Waals surface area contributed by atoms with Crippen LogP contribution in [0.25, 0.3) is 0 Å². The first-order chi connectivity index (χ1) is 9.60. The van der Waals surface area contributed by atoms with Crippen molar-refractivity contribution < 1.29 is 13.9 Å². The highest BCUT2D eigenvalue weighted by Gasteiger charge is 2.10. The summed E-state index contributed by atoms with van der Waals surface area (Å²) in [4.78, 5) is 8.14. The number of nitrogens with zero attached hydrogens (tertiary/aromatic N) is 2. The van der Waals surface area contributed by atoms with Crippen molar-refractivity contribution in [2.24, 2.45) is 0 Å². The Morgan fingerprint density at radius 2 is 2.10 bits per heavy atom. The van der Waals surface area contributed by atoms with Crippen molar-refractivity contribution in [3.05, 3.63) is 46.6 Å². The Hall–Kier alpha value is -1.72. The standard InChI is InChI=1S/C14H14ClFN2O2/c1-3-19-8-12-17-11(15)7-13(18-12)20-10-6-4-5-9(2)14(10)16/h4-7H,3,8H2,1-2H3. The number of hydrogen-bond acceptors (Lipinski definition) is 4. The quantitative estimate of drug-likeness (QED) is 0.785. The molecule has 0 amide bonds. The molecule has 20 heavy (non-hydrogen) atoms. The highest BCUT2D eigenvalue weighted by molar-refractivity contribution is 6.29. The lowest BCUT2D eigenvalue weighted by Crippen LogP contribution is -2.01. The minimum Gasteiger partial charge on any atom is -0.436 e. The summed E-state index contributed by atoms with van der Waals surface area (Å²) in [6.45, 7) is 4.29. The Morgan fingerprint density at radius 3 is 2.85 bits per heavy atom. The van der Waals surface area contributed by atoms with E-state index in [0.717, 1.165) is 0 Å². The van der Waals surface area contributed by atoms with Gasteiger partial charge in [-0.05, 0) is 25.5 Å². The molecular formula is C14H14ClFN2O2. The molecule has 6 heteroatoms. The second-order valence-corrected chi connectivity index (χ2v) is 4.46. The number of rotatable bonds is 5. The van der Waals surface area contributed by atoms with Gasteiger partial charge >= 0.3 is 0 Å². The maximum atomic E-state index is 13.9. The van der Waals surface area contributed by atoms with Crippen molar-refractivity contribution >= 4 is 11.6 Å². The summed E-state index contributed by atoms with van der Waals surface area (Å²) in [5.41, 5.74) is 0.497. The summed E-state index contributed by atoms with van der Waals surface area (Å²) in [5.74, 6) is 0.252. The fraction of sp³-hybridized carbons (Fsp3) is 0.286. The Balaban J connectivity index is 2.24. The van der Waals surface area contributed by atoms with Crippen LogP contribution < -0.4 is 4.74 Å². The third-order valence-corrected chi connectivity index (χ3v) is 2.72. The average molecular weight is 297 g/mol. The van der Waals surface area contributed by atoms with E-state index in [1.165, 1.54) is 12.1 Å². The summed E-state index contributed by atoms with van der Waals surface area (Å²) in [7, 11) is 0. The molecule has 0 spiro atoms. The van der Waals surface area contributed by atoms with Crippen LogP contribution in [0.3, 0.4) is 0 Å². The van der Waals surface area contributed by atoms with E-state index in [1.807, 2.05) is 6.92 Å². The zero-order valence-electron chi connectivity index (χ0n) is 11.2. The van der Waals surface area contributed by atoms with E-state index in [9.17, 15) is 4.39 Å². The van der Waals surface area contributed by atoms with Gasteiger partial charge in [-0.3, -0.25) is 0 Å². The van der Waals surface area contributed by atoms with Crippen molar-refractivity contribution in [1.82, 2.24) is 9.97 Å². The topological polar surface area (TPSA) is 44.2 Å². The molecule has 1 aromatic heterocycles. The van der Waals surface area contributed by atoms with Crippen molar-refractivity contribution in [1.29, 1.82) is 0 Å². The summed E-state index contributed by atoms with van der Waals surface area (Å²) < 4.78 is 24.5. The van der Waals surface area contributed by atoms with E-state index in [4.69, 9.17) is 21.1 Å². The number of benzene rings is 1. The van der Waals surface area contributed by atoms with Gasteiger partial charge in [-0.1, -0.05) is 23.7 Å². The molecule has 106 valence electrons. The maximum Gasteiger partial charge on any atom is 0.224 e. The molecule has 0 N–H and O–H groups in total. The molecule has 0 radical (unpaired) electrons. The fourth-order valence-electron chi connectivity index (χ4n) is 1.56. The smallest absolute Gasteiger partial charge is 0.224 e. The summed E-state index contributed by atoms with van der Waals surface area (Å²) >= 11 is 5.89. The van der Waals surface area contributed by atoms with E-state index in [-0.39, 0.29) is 23.4 Å². The molecule has 0 bridgehead atoms. The van der Waals surface area contributed by atoms with Crippen molar-refractivity contribution in [2.75, 3.05) is 6.61 Å². The van der Waals surface area contributed by atoms with Crippen molar-refractivity contribution in [3.63, 3.8) is 0 Å². The molecule has 0 aliphatic rings. The van der Waals surface area contributed by atoms with Crippen LogP contribution in [0.1, 0.15) is 18.3 Å². The highest BCUT2D eigenvalue weighted by Crippen LogP contribution is 2.26. The molecule has 2 aromatic rings. The minimum atomic E-state index is -0.423. The van der Waals surface area contributed by atoms with Gasteiger partial charge in [0.05, 0.1) is 0 Å². The van der Waals surface area contributed by atoms with Gasteiger partial charge in [0.15, 0.2) is 17.4 Å². The lowest BCUT2D eigenvalue weighted by Gasteiger charge is -2.09. The molecule has 1 aromatic carbocycles. The van der Waals surface area contributed by atoms with Crippen LogP contribution in [-0.2, 0) is 11.3 Å². The lowest BCUT2D eigenvalue weighted by molar-refractivity contribution is 0.127. The van der Waals surface area contributed by atoms with Crippen LogP contribution in [0.4, 0.5) is 4.39 Å². The zero-order chi connectivity index (χ0) is 14.5. The molecule has 2 rings (SSSR count). The average Bonchev–Trinajstić information content (AvgIpc) is 2.41. The second kappa shape index (κ2) is 6.63. The Kier molecular flexibility index (Phi) is 4.87. The minimum absolute atomic E-state index is 0.0992. The number of aromatic nitrogens is 2. The van der Waals surface area contributed by atoms with Gasteiger partial charge in [0.1, 0.15) is 11.8 Å². The lowest BCUT2D eigenvalue weighted by atomic mass is 10.2. The van der Waals surface area contributed by atoms with Crippen LogP contribution in [0, 0.1) is 12.7 Å². The number of halogens is 2. The monoisotopic (exact) mass is 296 g/mol. The van der Waals surface area contributed by atoms with E-state index >= 15 is 0 Å². The molecule has 0 atom stereocenters. The number of aryl methyl sites for hydroxylation is 1. The van der Waals surface area contributed by atoms with Crippen LogP contribution in [0.15, 0.2) is 24.3 Å². The van der Waals surface area contributed by atoms with Crippen LogP contribution in [0.2, 0.25) is 5.15 Å². The Bertz CT molecular complexity index is 608. The van der Waals surface area contributed by atoms with E-state index < -0.39 is 5.82 Å². The third-order valence-electron chi connectivity index (χ3n) is 2.52. The summed E-state index contributed by atoms with van der Waals surface area (Å²) in [6.07, 6.45) is 0. The first-order valence-electron chi connectivity index (χ1n) is 6.14. The van der Waals surface area contributed by atoms with Gasteiger partial charge in [-0.15, -0.1) is 0 Å². The maximum absolute atomic E-state index is 13.9. The summed E-state index contributed by atoms with van der Waals surface area (Å²) in [5, 5.41) is 0.220. The molecule has 0 unspecified atom stereocenters. The third kappa shape index (κ3) is 3.65. The SMILES string of the molecule is CCOCc1nc(Cl)cc(Oc2cccc(C)c2F)n1. The normalized spacial score (nSPS) is 10.6. The van der Waals surface area contributed by atoms with Gasteiger partial charge < -0.3 is 9.47 Å². The molecule has 0 fully saturated rings. The highest BCUT2D eigenvalue weighted by atomic mass is 35.5. The van der Waals surface area contributed by atoms with Gasteiger partial charge in [0, 0.05) is 12.7 Å². The van der Waals surface area contributed by atoms with Gasteiger partial charge in [-0.2, -0.15) is 4.98 Å². The van der Waals surface area contributed by atoms with E-state index in [1.54, 1.807) is 19.1 Å². The number of ether oxygens (including phenoxy) is 2. The molecule has 0 saturated heterocycles. The predicted molar refractivity (Wildman–Crippen MR) is 73.6 cm³/mol. The van der Waals surface area contributed by atoms with Crippen LogP contribution >= 0.6 is 11.6 Å². The Morgan fingerprint density at radius 1 is 1.30 bits per heavy atom. The number of hydrogen-bond donors (Lipinski definition) is 0. The molecule has 0 saturated carbocycles. The second-order valence-electron chi connectivity index (χ2n) is 4.07. The summed E-state index contributed by atoms with van der Waals surface area (Å²) in [6, 6.07) is 6.33. The van der Waals surface area contributed by atoms with Gasteiger partial charge in [0.25, 0.3) is 0 Å². The van der Waals surface area contributed by atoms with Crippen LogP contribution in [-0.4, -0.2) is 16.6 Å². The largest absolute Gasteiger partial charge is 0.436 e. The molecule has 0 aliphatic carbocycles. The molecule has 0 aliphatic heterocycles. The zero-order valence-corrected chi connectivity index (χ0v) is 11.9. The van der Waals surface area contributed by atoms with Crippen molar-refractivity contribution in [2.45, 2.75) is 20.5 Å².